The number of nitrogens with zero attached hydrogens (tertiary/aromatic N) is 5. The number of pyridine rings is 1. The smallest absolute Gasteiger partial charge is 0.132 e. The summed E-state index contributed by atoms with van der Waals surface area (Å²) >= 11 is 0. The zero-order valence-corrected chi connectivity index (χ0v) is 14.2. The Morgan fingerprint density at radius 3 is 2.91 bits per heavy atom. The molecule has 1 fully saturated rings. The molecule has 5 heteroatoms. The number of aryl methyl sites for hydroxylation is 2. The molecule has 5 nitrogen and oxygen atoms in total. The van der Waals surface area contributed by atoms with Crippen molar-refractivity contribution in [2.24, 2.45) is 0 Å². The molecule has 0 aromatic carbocycles. The molecule has 1 atom stereocenters. The molecule has 2 aromatic rings. The van der Waals surface area contributed by atoms with Crippen molar-refractivity contribution in [1.82, 2.24) is 19.9 Å². The van der Waals surface area contributed by atoms with E-state index < -0.39 is 0 Å². The number of aromatic nitrogens is 3. The monoisotopic (exact) mass is 311 g/mol. The average Bonchev–Trinajstić information content (AvgIpc) is 2.56. The van der Waals surface area contributed by atoms with Crippen molar-refractivity contribution in [2.45, 2.75) is 39.3 Å². The molecule has 1 saturated heterocycles. The summed E-state index contributed by atoms with van der Waals surface area (Å²) in [5.74, 6) is 1.02. The largest absolute Gasteiger partial charge is 0.355 e. The van der Waals surface area contributed by atoms with Gasteiger partial charge in [-0.15, -0.1) is 0 Å². The fraction of sp³-hybridized carbons (Fsp3) is 0.500. The maximum absolute atomic E-state index is 4.42. The summed E-state index contributed by atoms with van der Waals surface area (Å²) in [5.41, 5.74) is 3.48. The van der Waals surface area contributed by atoms with E-state index in [-0.39, 0.29) is 0 Å². The summed E-state index contributed by atoms with van der Waals surface area (Å²) < 4.78 is 0. The van der Waals surface area contributed by atoms with Gasteiger partial charge in [-0.2, -0.15) is 0 Å². The Balaban J connectivity index is 1.67. The van der Waals surface area contributed by atoms with Gasteiger partial charge >= 0.3 is 0 Å². The highest BCUT2D eigenvalue weighted by Gasteiger charge is 2.24. The fourth-order valence-electron chi connectivity index (χ4n) is 3.24. The van der Waals surface area contributed by atoms with Crippen LogP contribution in [0.15, 0.2) is 30.7 Å². The number of rotatable bonds is 4. The van der Waals surface area contributed by atoms with Crippen molar-refractivity contribution in [1.29, 1.82) is 0 Å². The zero-order chi connectivity index (χ0) is 16.2. The topological polar surface area (TPSA) is 45.2 Å². The van der Waals surface area contributed by atoms with Crippen molar-refractivity contribution < 1.29 is 0 Å². The van der Waals surface area contributed by atoms with Gasteiger partial charge in [0.25, 0.3) is 0 Å². The van der Waals surface area contributed by atoms with E-state index in [1.54, 1.807) is 6.33 Å². The average molecular weight is 311 g/mol. The van der Waals surface area contributed by atoms with Crippen LogP contribution in [0.3, 0.4) is 0 Å². The van der Waals surface area contributed by atoms with Crippen LogP contribution in [0.5, 0.6) is 0 Å². The zero-order valence-electron chi connectivity index (χ0n) is 14.2. The molecule has 122 valence electrons. The molecular weight excluding hydrogens is 286 g/mol. The summed E-state index contributed by atoms with van der Waals surface area (Å²) in [6.45, 7) is 7.30. The number of likely N-dealkylation sites (tertiary alicyclic amines) is 1. The lowest BCUT2D eigenvalue weighted by molar-refractivity contribution is 0.198. The molecule has 3 heterocycles. The molecule has 1 aliphatic heterocycles. The molecule has 0 bridgehead atoms. The van der Waals surface area contributed by atoms with Crippen LogP contribution < -0.4 is 4.90 Å². The van der Waals surface area contributed by atoms with Crippen LogP contribution in [-0.2, 0) is 6.54 Å². The van der Waals surface area contributed by atoms with Gasteiger partial charge in [-0.3, -0.25) is 9.88 Å². The van der Waals surface area contributed by atoms with Crippen molar-refractivity contribution >= 4 is 5.82 Å². The molecule has 0 spiro atoms. The van der Waals surface area contributed by atoms with Crippen molar-refractivity contribution in [3.05, 3.63) is 47.7 Å². The molecular formula is C18H25N5. The third kappa shape index (κ3) is 3.85. The van der Waals surface area contributed by atoms with Crippen molar-refractivity contribution in [3.63, 3.8) is 0 Å². The maximum atomic E-state index is 4.42. The van der Waals surface area contributed by atoms with Crippen LogP contribution in [0.2, 0.25) is 0 Å². The van der Waals surface area contributed by atoms with Gasteiger partial charge in [0.1, 0.15) is 12.1 Å². The Hall–Kier alpha value is -2.01. The van der Waals surface area contributed by atoms with Gasteiger partial charge < -0.3 is 4.90 Å². The van der Waals surface area contributed by atoms with Crippen molar-refractivity contribution in [3.8, 4) is 0 Å². The van der Waals surface area contributed by atoms with Crippen molar-refractivity contribution in [2.75, 3.05) is 25.0 Å². The van der Waals surface area contributed by atoms with E-state index in [0.29, 0.717) is 6.04 Å². The highest BCUT2D eigenvalue weighted by molar-refractivity contribution is 5.39. The molecule has 23 heavy (non-hydrogen) atoms. The summed E-state index contributed by atoms with van der Waals surface area (Å²) in [6, 6.07) is 6.77. The van der Waals surface area contributed by atoms with Crippen LogP contribution in [0.25, 0.3) is 0 Å². The van der Waals surface area contributed by atoms with Gasteiger partial charge in [0.15, 0.2) is 0 Å². The molecule has 3 rings (SSSR count). The Morgan fingerprint density at radius 2 is 2.13 bits per heavy atom. The number of hydrogen-bond acceptors (Lipinski definition) is 5. The second-order valence-electron chi connectivity index (χ2n) is 6.41. The Bertz CT molecular complexity index is 657. The van der Waals surface area contributed by atoms with E-state index in [4.69, 9.17) is 0 Å². The predicted octanol–water partition coefficient (Wildman–Crippen LogP) is 2.59. The number of anilines is 1. The third-order valence-electron chi connectivity index (χ3n) is 4.69. The van der Waals surface area contributed by atoms with Crippen LogP contribution in [0.1, 0.15) is 29.8 Å². The minimum atomic E-state index is 0.495. The highest BCUT2D eigenvalue weighted by Crippen LogP contribution is 2.21. The second-order valence-corrected chi connectivity index (χ2v) is 6.41. The summed E-state index contributed by atoms with van der Waals surface area (Å²) in [6.07, 6.45) is 5.95. The molecule has 1 aliphatic rings. The third-order valence-corrected chi connectivity index (χ3v) is 4.69. The fourth-order valence-corrected chi connectivity index (χ4v) is 3.24. The minimum absolute atomic E-state index is 0.495. The lowest BCUT2D eigenvalue weighted by Gasteiger charge is -2.38. The van der Waals surface area contributed by atoms with E-state index >= 15 is 0 Å². The summed E-state index contributed by atoms with van der Waals surface area (Å²) in [4.78, 5) is 17.9. The van der Waals surface area contributed by atoms with Gasteiger partial charge in [0.05, 0.1) is 0 Å². The van der Waals surface area contributed by atoms with Gasteiger partial charge in [-0.1, -0.05) is 6.07 Å². The Kier molecular flexibility index (Phi) is 4.86. The lowest BCUT2D eigenvalue weighted by Crippen LogP contribution is -2.46. The maximum Gasteiger partial charge on any atom is 0.132 e. The van der Waals surface area contributed by atoms with E-state index in [9.17, 15) is 0 Å². The number of likely N-dealkylation sites (N-methyl/N-ethyl adjacent to an activating group) is 1. The van der Waals surface area contributed by atoms with Gasteiger partial charge in [0, 0.05) is 49.8 Å². The lowest BCUT2D eigenvalue weighted by atomic mass is 10.0. The highest BCUT2D eigenvalue weighted by atomic mass is 15.2. The number of piperidine rings is 1. The molecule has 0 saturated carbocycles. The van der Waals surface area contributed by atoms with Crippen LogP contribution >= 0.6 is 0 Å². The molecule has 0 amide bonds. The first-order chi connectivity index (χ1) is 11.1. The normalized spacial score (nSPS) is 18.8. The quantitative estimate of drug-likeness (QED) is 0.868. The van der Waals surface area contributed by atoms with E-state index in [1.165, 1.54) is 18.4 Å². The Labute approximate surface area is 138 Å². The van der Waals surface area contributed by atoms with Gasteiger partial charge in [-0.25, -0.2) is 9.97 Å². The SMILES string of the molecule is Cc1cc(N(C)C2CCCN(Cc3cccnc3C)C2)ncn1. The molecule has 0 N–H and O–H groups in total. The van der Waals surface area contributed by atoms with E-state index in [1.807, 2.05) is 19.2 Å². The van der Waals surface area contributed by atoms with Crippen LogP contribution in [-0.4, -0.2) is 46.0 Å². The Morgan fingerprint density at radius 1 is 1.26 bits per heavy atom. The van der Waals surface area contributed by atoms with E-state index in [2.05, 4.69) is 50.9 Å². The van der Waals surface area contributed by atoms with Crippen LogP contribution in [0.4, 0.5) is 5.82 Å². The molecule has 2 aromatic heterocycles. The van der Waals surface area contributed by atoms with Crippen LogP contribution in [0, 0.1) is 13.8 Å². The van der Waals surface area contributed by atoms with Gasteiger partial charge in [0.2, 0.25) is 0 Å². The second kappa shape index (κ2) is 7.04. The summed E-state index contributed by atoms with van der Waals surface area (Å²) in [5, 5.41) is 0. The first kappa shape index (κ1) is 15.9. The number of hydrogen-bond donors (Lipinski definition) is 0. The predicted molar refractivity (Wildman–Crippen MR) is 92.4 cm³/mol. The van der Waals surface area contributed by atoms with E-state index in [0.717, 1.165) is 36.8 Å². The molecule has 0 radical (unpaired) electrons. The standard InChI is InChI=1S/C18H25N5/c1-14-10-18(21-13-20-14)22(3)17-7-5-9-23(12-17)11-16-6-4-8-19-15(16)2/h4,6,8,10,13,17H,5,7,9,11-12H2,1-3H3. The minimum Gasteiger partial charge on any atom is -0.355 e. The first-order valence-electron chi connectivity index (χ1n) is 8.28. The summed E-state index contributed by atoms with van der Waals surface area (Å²) in [7, 11) is 2.14. The first-order valence-corrected chi connectivity index (χ1v) is 8.28. The van der Waals surface area contributed by atoms with Gasteiger partial charge in [-0.05, 0) is 44.9 Å². The molecule has 1 unspecified atom stereocenters. The molecule has 0 aliphatic carbocycles.